The molecule has 3 aromatic heterocycles. The summed E-state index contributed by atoms with van der Waals surface area (Å²) in [4.78, 5) is 17.7. The molecule has 1 amide bonds. The van der Waals surface area contributed by atoms with Gasteiger partial charge in [-0.3, -0.25) is 4.79 Å². The number of anilines is 1. The Morgan fingerprint density at radius 1 is 1.33 bits per heavy atom. The van der Waals surface area contributed by atoms with Crippen LogP contribution in [0.4, 0.5) is 5.82 Å². The Morgan fingerprint density at radius 3 is 2.81 bits per heavy atom. The van der Waals surface area contributed by atoms with Crippen LogP contribution in [0.25, 0.3) is 11.4 Å². The van der Waals surface area contributed by atoms with Crippen molar-refractivity contribution in [3.8, 4) is 11.4 Å². The first kappa shape index (κ1) is 20.0. The van der Waals surface area contributed by atoms with E-state index in [4.69, 9.17) is 0 Å². The molecule has 27 heavy (non-hydrogen) atoms. The molecule has 0 saturated heterocycles. The van der Waals surface area contributed by atoms with Gasteiger partial charge in [0.15, 0.2) is 11.0 Å². The largest absolute Gasteiger partial charge is 0.310 e. The number of pyridine rings is 1. The zero-order valence-electron chi connectivity index (χ0n) is 15.3. The third-order valence-corrected chi connectivity index (χ3v) is 6.45. The van der Waals surface area contributed by atoms with Crippen molar-refractivity contribution >= 4 is 50.8 Å². The lowest BCUT2D eigenvalue weighted by Gasteiger charge is -2.08. The Morgan fingerprint density at radius 2 is 2.15 bits per heavy atom. The van der Waals surface area contributed by atoms with E-state index in [0.717, 1.165) is 34.0 Å². The second kappa shape index (κ2) is 8.99. The molecule has 3 heterocycles. The molecule has 0 radical (unpaired) electrons. The van der Waals surface area contributed by atoms with Gasteiger partial charge >= 0.3 is 0 Å². The lowest BCUT2D eigenvalue weighted by molar-refractivity contribution is -0.113. The molecule has 3 rings (SSSR count). The van der Waals surface area contributed by atoms with Crippen LogP contribution in [-0.4, -0.2) is 31.4 Å². The van der Waals surface area contributed by atoms with Crippen LogP contribution in [0.5, 0.6) is 0 Å². The highest BCUT2D eigenvalue weighted by Gasteiger charge is 2.18. The van der Waals surface area contributed by atoms with Crippen LogP contribution in [0.2, 0.25) is 0 Å². The van der Waals surface area contributed by atoms with Gasteiger partial charge in [-0.05, 0) is 53.9 Å². The van der Waals surface area contributed by atoms with Gasteiger partial charge in [0.05, 0.1) is 5.75 Å². The van der Waals surface area contributed by atoms with Crippen molar-refractivity contribution in [2.75, 3.05) is 11.1 Å². The fraction of sp³-hybridized carbons (Fsp3) is 0.333. The summed E-state index contributed by atoms with van der Waals surface area (Å²) in [5, 5.41) is 14.4. The standard InChI is InChI=1S/C18H20BrN5OS2/c1-4-13-11(3)26-9-14(13)17-22-23-18(24(17)5-2)27-10-16(25)21-15-7-6-12(19)8-20-15/h6-9H,4-5,10H2,1-3H3,(H,20,21,25). The minimum Gasteiger partial charge on any atom is -0.310 e. The van der Waals surface area contributed by atoms with E-state index in [1.54, 1.807) is 23.6 Å². The van der Waals surface area contributed by atoms with Crippen molar-refractivity contribution in [1.29, 1.82) is 0 Å². The Labute approximate surface area is 174 Å². The maximum absolute atomic E-state index is 12.2. The van der Waals surface area contributed by atoms with E-state index in [1.165, 1.54) is 22.2 Å². The first-order valence-electron chi connectivity index (χ1n) is 8.58. The van der Waals surface area contributed by atoms with Crippen molar-refractivity contribution < 1.29 is 4.79 Å². The summed E-state index contributed by atoms with van der Waals surface area (Å²) in [6, 6.07) is 3.59. The third-order valence-electron chi connectivity index (χ3n) is 4.06. The Hall–Kier alpha value is -1.71. The van der Waals surface area contributed by atoms with Crippen LogP contribution >= 0.6 is 39.0 Å². The molecule has 0 saturated carbocycles. The van der Waals surface area contributed by atoms with Gasteiger partial charge in [0.1, 0.15) is 5.82 Å². The molecule has 142 valence electrons. The van der Waals surface area contributed by atoms with Crippen molar-refractivity contribution in [2.45, 2.75) is 38.9 Å². The van der Waals surface area contributed by atoms with Gasteiger partial charge in [-0.1, -0.05) is 18.7 Å². The van der Waals surface area contributed by atoms with E-state index in [-0.39, 0.29) is 11.7 Å². The van der Waals surface area contributed by atoms with Crippen LogP contribution < -0.4 is 5.32 Å². The molecule has 3 aromatic rings. The molecule has 0 fully saturated rings. The highest BCUT2D eigenvalue weighted by atomic mass is 79.9. The van der Waals surface area contributed by atoms with E-state index in [0.29, 0.717) is 5.82 Å². The number of carbonyl (C=O) groups is 1. The molecule has 0 unspecified atom stereocenters. The lowest BCUT2D eigenvalue weighted by atomic mass is 10.1. The molecule has 0 aliphatic carbocycles. The van der Waals surface area contributed by atoms with Gasteiger partial charge in [0.25, 0.3) is 0 Å². The Bertz CT molecular complexity index is 936. The third kappa shape index (κ3) is 4.59. The predicted octanol–water partition coefficient (Wildman–Crippen LogP) is 4.79. The van der Waals surface area contributed by atoms with Gasteiger partial charge in [0.2, 0.25) is 5.91 Å². The number of thiophene rings is 1. The van der Waals surface area contributed by atoms with E-state index < -0.39 is 0 Å². The average Bonchev–Trinajstić information content (AvgIpc) is 3.24. The number of aryl methyl sites for hydroxylation is 1. The fourth-order valence-electron chi connectivity index (χ4n) is 2.74. The first-order chi connectivity index (χ1) is 13.0. The summed E-state index contributed by atoms with van der Waals surface area (Å²) >= 11 is 6.44. The molecule has 0 aliphatic heterocycles. The number of carbonyl (C=O) groups excluding carboxylic acids is 1. The fourth-order valence-corrected chi connectivity index (χ4v) is 4.72. The summed E-state index contributed by atoms with van der Waals surface area (Å²) in [5.41, 5.74) is 2.46. The van der Waals surface area contributed by atoms with E-state index in [1.807, 2.05) is 6.07 Å². The molecule has 0 aliphatic rings. The number of nitrogens with zero attached hydrogens (tertiary/aromatic N) is 4. The molecular weight excluding hydrogens is 446 g/mol. The number of aromatic nitrogens is 4. The number of nitrogens with one attached hydrogen (secondary N) is 1. The normalized spacial score (nSPS) is 11.0. The highest BCUT2D eigenvalue weighted by molar-refractivity contribution is 9.10. The molecule has 0 spiro atoms. The SMILES string of the molecule is CCc1c(-c2nnc(SCC(=O)Nc3ccc(Br)cn3)n2CC)csc1C. The van der Waals surface area contributed by atoms with Crippen molar-refractivity contribution in [2.24, 2.45) is 0 Å². The summed E-state index contributed by atoms with van der Waals surface area (Å²) in [6.45, 7) is 7.10. The van der Waals surface area contributed by atoms with E-state index in [2.05, 4.69) is 67.1 Å². The van der Waals surface area contributed by atoms with Gasteiger partial charge in [-0.25, -0.2) is 4.98 Å². The van der Waals surface area contributed by atoms with Gasteiger partial charge < -0.3 is 9.88 Å². The van der Waals surface area contributed by atoms with Gasteiger partial charge in [0, 0.05) is 33.0 Å². The van der Waals surface area contributed by atoms with Crippen LogP contribution in [0, 0.1) is 6.92 Å². The molecule has 0 bridgehead atoms. The topological polar surface area (TPSA) is 72.7 Å². The minimum absolute atomic E-state index is 0.123. The Balaban J connectivity index is 1.71. The summed E-state index contributed by atoms with van der Waals surface area (Å²) in [7, 11) is 0. The second-order valence-corrected chi connectivity index (χ2v) is 8.73. The number of hydrogen-bond donors (Lipinski definition) is 1. The molecule has 1 N–H and O–H groups in total. The van der Waals surface area contributed by atoms with Crippen LogP contribution in [-0.2, 0) is 17.8 Å². The summed E-state index contributed by atoms with van der Waals surface area (Å²) in [5.74, 6) is 1.53. The maximum atomic E-state index is 12.2. The predicted molar refractivity (Wildman–Crippen MR) is 114 cm³/mol. The van der Waals surface area contributed by atoms with E-state index >= 15 is 0 Å². The monoisotopic (exact) mass is 465 g/mol. The van der Waals surface area contributed by atoms with Gasteiger partial charge in [-0.2, -0.15) is 0 Å². The Kier molecular flexibility index (Phi) is 6.67. The minimum atomic E-state index is -0.123. The van der Waals surface area contributed by atoms with Crippen molar-refractivity contribution in [1.82, 2.24) is 19.7 Å². The molecule has 9 heteroatoms. The second-order valence-electron chi connectivity index (χ2n) is 5.79. The number of hydrogen-bond acceptors (Lipinski definition) is 6. The van der Waals surface area contributed by atoms with E-state index in [9.17, 15) is 4.79 Å². The molecular formula is C18H20BrN5OS2. The highest BCUT2D eigenvalue weighted by Crippen LogP contribution is 2.32. The van der Waals surface area contributed by atoms with Crippen LogP contribution in [0.1, 0.15) is 24.3 Å². The maximum Gasteiger partial charge on any atom is 0.236 e. The number of rotatable bonds is 7. The van der Waals surface area contributed by atoms with Crippen molar-refractivity contribution in [3.05, 3.63) is 38.6 Å². The smallest absolute Gasteiger partial charge is 0.236 e. The molecule has 0 atom stereocenters. The molecule has 0 aromatic carbocycles. The average molecular weight is 466 g/mol. The lowest BCUT2D eigenvalue weighted by Crippen LogP contribution is -2.15. The number of thioether (sulfide) groups is 1. The summed E-state index contributed by atoms with van der Waals surface area (Å²) in [6.07, 6.45) is 2.61. The number of amides is 1. The molecule has 6 nitrogen and oxygen atoms in total. The quantitative estimate of drug-likeness (QED) is 0.507. The van der Waals surface area contributed by atoms with Crippen LogP contribution in [0.15, 0.2) is 33.3 Å². The number of halogens is 1. The zero-order chi connectivity index (χ0) is 19.4. The van der Waals surface area contributed by atoms with Gasteiger partial charge in [-0.15, -0.1) is 21.5 Å². The zero-order valence-corrected chi connectivity index (χ0v) is 18.5. The van der Waals surface area contributed by atoms with Crippen molar-refractivity contribution in [3.63, 3.8) is 0 Å². The summed E-state index contributed by atoms with van der Waals surface area (Å²) < 4.78 is 2.93. The van der Waals surface area contributed by atoms with Crippen LogP contribution in [0.3, 0.4) is 0 Å². The first-order valence-corrected chi connectivity index (χ1v) is 11.2.